The molecule has 1 unspecified atom stereocenters. The predicted octanol–water partition coefficient (Wildman–Crippen LogP) is 5.57. The zero-order chi connectivity index (χ0) is 19.6. The molecule has 0 spiro atoms. The summed E-state index contributed by atoms with van der Waals surface area (Å²) in [5.41, 5.74) is 3.94. The molecule has 3 nitrogen and oxygen atoms in total. The molecule has 0 amide bonds. The number of hydrogen-bond acceptors (Lipinski definition) is 2. The summed E-state index contributed by atoms with van der Waals surface area (Å²) in [7, 11) is 0. The minimum Gasteiger partial charge on any atom is -0.507 e. The first-order valence-electron chi connectivity index (χ1n) is 9.03. The number of carboxylic acids is 1. The zero-order valence-corrected chi connectivity index (χ0v) is 15.8. The quantitative estimate of drug-likeness (QED) is 0.625. The third-order valence-corrected chi connectivity index (χ3v) is 5.36. The third-order valence-electron chi connectivity index (χ3n) is 5.36. The molecule has 138 valence electrons. The van der Waals surface area contributed by atoms with Crippen LogP contribution < -0.4 is 0 Å². The molecule has 2 N–H and O–H groups in total. The lowest BCUT2D eigenvalue weighted by atomic mass is 9.76. The third kappa shape index (κ3) is 3.72. The van der Waals surface area contributed by atoms with Crippen molar-refractivity contribution >= 4 is 5.97 Å². The van der Waals surface area contributed by atoms with Gasteiger partial charge in [0.1, 0.15) is 11.3 Å². The number of hydrogen-bond donors (Lipinski definition) is 2. The summed E-state index contributed by atoms with van der Waals surface area (Å²) in [6.45, 7) is 6.32. The summed E-state index contributed by atoms with van der Waals surface area (Å²) in [5, 5.41) is 19.1. The molecule has 0 aliphatic rings. The Morgan fingerprint density at radius 1 is 0.852 bits per heavy atom. The molecule has 27 heavy (non-hydrogen) atoms. The Labute approximate surface area is 159 Å². The highest BCUT2D eigenvalue weighted by Gasteiger charge is 2.26. The normalized spacial score (nSPS) is 12.6. The Morgan fingerprint density at radius 2 is 1.48 bits per heavy atom. The molecule has 3 rings (SSSR count). The first kappa shape index (κ1) is 18.7. The first-order valence-corrected chi connectivity index (χ1v) is 9.03. The lowest BCUT2D eigenvalue weighted by Gasteiger charge is -2.28. The molecule has 0 saturated carbocycles. The van der Waals surface area contributed by atoms with Crippen LogP contribution in [0.4, 0.5) is 0 Å². The molecule has 3 aromatic carbocycles. The van der Waals surface area contributed by atoms with Gasteiger partial charge in [0.15, 0.2) is 0 Å². The molecule has 0 aromatic heterocycles. The van der Waals surface area contributed by atoms with E-state index < -0.39 is 11.4 Å². The van der Waals surface area contributed by atoms with Crippen molar-refractivity contribution in [2.24, 2.45) is 0 Å². The smallest absolute Gasteiger partial charge is 0.339 e. The highest BCUT2D eigenvalue weighted by Crippen LogP contribution is 2.36. The minimum atomic E-state index is -1.13. The van der Waals surface area contributed by atoms with Crippen molar-refractivity contribution in [2.75, 3.05) is 0 Å². The van der Waals surface area contributed by atoms with Crippen LogP contribution in [0.5, 0.6) is 5.75 Å². The molecule has 0 saturated heterocycles. The fraction of sp³-hybridized carbons (Fsp3) is 0.208. The second kappa shape index (κ2) is 7.28. The maximum absolute atomic E-state index is 11.4. The summed E-state index contributed by atoms with van der Waals surface area (Å²) >= 11 is 0. The lowest BCUT2D eigenvalue weighted by molar-refractivity contribution is 0.0693. The van der Waals surface area contributed by atoms with E-state index in [1.165, 1.54) is 17.2 Å². The van der Waals surface area contributed by atoms with Crippen LogP contribution >= 0.6 is 0 Å². The van der Waals surface area contributed by atoms with Crippen molar-refractivity contribution in [1.82, 2.24) is 0 Å². The monoisotopic (exact) mass is 360 g/mol. The van der Waals surface area contributed by atoms with Crippen molar-refractivity contribution in [2.45, 2.75) is 32.1 Å². The summed E-state index contributed by atoms with van der Waals surface area (Å²) in [5.74, 6) is -1.08. The molecule has 0 aliphatic carbocycles. The van der Waals surface area contributed by atoms with Crippen molar-refractivity contribution < 1.29 is 15.0 Å². The van der Waals surface area contributed by atoms with Gasteiger partial charge < -0.3 is 10.2 Å². The number of aromatic carboxylic acids is 1. The Morgan fingerprint density at radius 3 is 2.15 bits per heavy atom. The van der Waals surface area contributed by atoms with Gasteiger partial charge in [0.25, 0.3) is 0 Å². The molecule has 3 heteroatoms. The van der Waals surface area contributed by atoms with Crippen molar-refractivity contribution in [1.29, 1.82) is 0 Å². The number of aromatic hydroxyl groups is 1. The van der Waals surface area contributed by atoms with Crippen LogP contribution in [0.2, 0.25) is 0 Å². The molecule has 0 heterocycles. The van der Waals surface area contributed by atoms with E-state index in [2.05, 4.69) is 51.1 Å². The Bertz CT molecular complexity index is 958. The topological polar surface area (TPSA) is 57.5 Å². The number of phenols is 1. The van der Waals surface area contributed by atoms with E-state index in [1.807, 2.05) is 24.3 Å². The standard InChI is InChI=1S/C24H24O3/c1-16(17-8-5-4-6-9-17)18-10-7-11-19(14-18)24(2,3)20-12-13-22(25)21(15-20)23(26)27/h4-16,25H,1-3H3,(H,26,27). The second-order valence-electron chi connectivity index (χ2n) is 7.42. The average Bonchev–Trinajstić information content (AvgIpc) is 2.68. The lowest BCUT2D eigenvalue weighted by Crippen LogP contribution is -2.20. The van der Waals surface area contributed by atoms with Gasteiger partial charge in [-0.3, -0.25) is 0 Å². The molecule has 1 atom stereocenters. The van der Waals surface area contributed by atoms with Crippen molar-refractivity contribution in [3.8, 4) is 5.75 Å². The van der Waals surface area contributed by atoms with Gasteiger partial charge in [-0.2, -0.15) is 0 Å². The SMILES string of the molecule is CC(c1ccccc1)c1cccc(C(C)(C)c2ccc(O)c(C(=O)O)c2)c1. The van der Waals surface area contributed by atoms with E-state index >= 15 is 0 Å². The van der Waals surface area contributed by atoms with Crippen LogP contribution in [0.25, 0.3) is 0 Å². The van der Waals surface area contributed by atoms with Gasteiger partial charge in [-0.15, -0.1) is 0 Å². The summed E-state index contributed by atoms with van der Waals surface area (Å²) in [6.07, 6.45) is 0. The minimum absolute atomic E-state index is 0.0746. The Hall–Kier alpha value is -3.07. The van der Waals surface area contributed by atoms with Gasteiger partial charge in [0, 0.05) is 11.3 Å². The Kier molecular flexibility index (Phi) is 5.04. The molecule has 0 radical (unpaired) electrons. The van der Waals surface area contributed by atoms with Crippen molar-refractivity contribution in [3.63, 3.8) is 0 Å². The van der Waals surface area contributed by atoms with E-state index in [0.717, 1.165) is 11.1 Å². The van der Waals surface area contributed by atoms with Gasteiger partial charge in [-0.1, -0.05) is 81.4 Å². The van der Waals surface area contributed by atoms with E-state index in [9.17, 15) is 15.0 Å². The van der Waals surface area contributed by atoms with Crippen LogP contribution in [0, 0.1) is 0 Å². The molecule has 3 aromatic rings. The maximum Gasteiger partial charge on any atom is 0.339 e. The summed E-state index contributed by atoms with van der Waals surface area (Å²) < 4.78 is 0. The van der Waals surface area contributed by atoms with E-state index in [-0.39, 0.29) is 17.2 Å². The van der Waals surface area contributed by atoms with E-state index in [4.69, 9.17) is 0 Å². The first-order chi connectivity index (χ1) is 12.8. The van der Waals surface area contributed by atoms with Crippen LogP contribution in [0.1, 0.15) is 59.3 Å². The van der Waals surface area contributed by atoms with E-state index in [0.29, 0.717) is 0 Å². The maximum atomic E-state index is 11.4. The Balaban J connectivity index is 2.01. The summed E-state index contributed by atoms with van der Waals surface area (Å²) in [4.78, 5) is 11.4. The molecule has 0 bridgehead atoms. The van der Waals surface area contributed by atoms with E-state index in [1.54, 1.807) is 12.1 Å². The fourth-order valence-electron chi connectivity index (χ4n) is 3.39. The zero-order valence-electron chi connectivity index (χ0n) is 15.8. The van der Waals surface area contributed by atoms with Gasteiger partial charge in [-0.05, 0) is 34.4 Å². The number of rotatable bonds is 5. The highest BCUT2D eigenvalue weighted by molar-refractivity contribution is 5.91. The summed E-state index contributed by atoms with van der Waals surface area (Å²) in [6, 6.07) is 23.6. The average molecular weight is 360 g/mol. The number of carboxylic acid groups (broad SMARTS) is 1. The van der Waals surface area contributed by atoms with Crippen LogP contribution in [0.3, 0.4) is 0 Å². The van der Waals surface area contributed by atoms with Crippen LogP contribution in [0.15, 0.2) is 72.8 Å². The van der Waals surface area contributed by atoms with Gasteiger partial charge in [-0.25, -0.2) is 4.79 Å². The van der Waals surface area contributed by atoms with Gasteiger partial charge in [0.2, 0.25) is 0 Å². The van der Waals surface area contributed by atoms with Crippen molar-refractivity contribution in [3.05, 3.63) is 101 Å². The number of carbonyl (C=O) groups is 1. The molecular formula is C24H24O3. The largest absolute Gasteiger partial charge is 0.507 e. The molecule has 0 aliphatic heterocycles. The van der Waals surface area contributed by atoms with Crippen LogP contribution in [-0.2, 0) is 5.41 Å². The van der Waals surface area contributed by atoms with Crippen LogP contribution in [-0.4, -0.2) is 16.2 Å². The fourth-order valence-corrected chi connectivity index (χ4v) is 3.39. The number of benzene rings is 3. The molecular weight excluding hydrogens is 336 g/mol. The predicted molar refractivity (Wildman–Crippen MR) is 108 cm³/mol. The van der Waals surface area contributed by atoms with Gasteiger partial charge >= 0.3 is 5.97 Å². The highest BCUT2D eigenvalue weighted by atomic mass is 16.4. The van der Waals surface area contributed by atoms with Gasteiger partial charge in [0.05, 0.1) is 0 Å². The second-order valence-corrected chi connectivity index (χ2v) is 7.42. The molecule has 0 fully saturated rings.